The first-order valence-corrected chi connectivity index (χ1v) is 3.03. The lowest BCUT2D eigenvalue weighted by Gasteiger charge is -2.10. The van der Waals surface area contributed by atoms with Crippen LogP contribution in [0.5, 0.6) is 0 Å². The molecule has 0 unspecified atom stereocenters. The Hall–Kier alpha value is -1.19. The number of rotatable bonds is 1. The molecule has 0 fully saturated rings. The fraction of sp³-hybridized carbons (Fsp3) is 0.333. The van der Waals surface area contributed by atoms with Crippen molar-refractivity contribution in [1.82, 2.24) is 5.32 Å². The summed E-state index contributed by atoms with van der Waals surface area (Å²) in [6.07, 6.45) is 1.45. The second-order valence-corrected chi connectivity index (χ2v) is 1.69. The monoisotopic (exact) mass is 141 g/mol. The summed E-state index contributed by atoms with van der Waals surface area (Å²) in [6.45, 7) is 3.94. The van der Waals surface area contributed by atoms with Gasteiger partial charge in [-0.1, -0.05) is 0 Å². The summed E-state index contributed by atoms with van der Waals surface area (Å²) in [5.41, 5.74) is 0. The fourth-order valence-electron chi connectivity index (χ4n) is 0.572. The van der Waals surface area contributed by atoms with Crippen LogP contribution in [0, 0.1) is 6.54 Å². The third-order valence-corrected chi connectivity index (χ3v) is 0.936. The van der Waals surface area contributed by atoms with Crippen molar-refractivity contribution in [3.8, 4) is 0 Å². The summed E-state index contributed by atoms with van der Waals surface area (Å²) in [5, 5.41) is 11.5. The maximum atomic E-state index is 8.83. The number of aliphatic hydroxyl groups excluding tert-OH is 1. The Balaban J connectivity index is 2.51. The second kappa shape index (κ2) is 3.10. The van der Waals surface area contributed by atoms with E-state index in [9.17, 15) is 0 Å². The zero-order valence-electron chi connectivity index (χ0n) is 5.66. The van der Waals surface area contributed by atoms with Gasteiger partial charge < -0.3 is 15.2 Å². The maximum absolute atomic E-state index is 8.83. The summed E-state index contributed by atoms with van der Waals surface area (Å²) in [7, 11) is 0. The minimum absolute atomic E-state index is 0.0396. The molecule has 0 aromatic carbocycles. The third-order valence-electron chi connectivity index (χ3n) is 0.936. The number of nitrogens with zero attached hydrogens (tertiary/aromatic N) is 1. The third kappa shape index (κ3) is 1.65. The molecule has 0 saturated carbocycles. The molecule has 0 aromatic heterocycles. The normalized spacial score (nSPS) is 16.9. The van der Waals surface area contributed by atoms with E-state index in [1.54, 1.807) is 6.54 Å². The molecule has 55 valence electrons. The molecule has 0 saturated heterocycles. The van der Waals surface area contributed by atoms with E-state index in [4.69, 9.17) is 9.84 Å². The van der Waals surface area contributed by atoms with Crippen LogP contribution in [-0.2, 0) is 4.74 Å². The van der Waals surface area contributed by atoms with Crippen LogP contribution in [0.4, 0.5) is 0 Å². The van der Waals surface area contributed by atoms with Crippen LogP contribution in [0.3, 0.4) is 0 Å². The van der Waals surface area contributed by atoms with E-state index < -0.39 is 0 Å². The average molecular weight is 141 g/mol. The molecule has 1 rings (SSSR count). The van der Waals surface area contributed by atoms with Gasteiger partial charge in [-0.2, -0.15) is 4.99 Å². The van der Waals surface area contributed by atoms with Gasteiger partial charge in [-0.3, -0.25) is 0 Å². The molecular weight excluding hydrogens is 132 g/mol. The molecule has 0 amide bonds. The molecule has 4 nitrogen and oxygen atoms in total. The topological polar surface area (TPSA) is 53.9 Å². The Morgan fingerprint density at radius 3 is 3.20 bits per heavy atom. The highest BCUT2D eigenvalue weighted by Gasteiger charge is 2.04. The number of aliphatic imine (C=N–C) groups is 1. The number of hydrogen-bond acceptors (Lipinski definition) is 4. The predicted molar refractivity (Wildman–Crippen MR) is 37.2 cm³/mol. The summed E-state index contributed by atoms with van der Waals surface area (Å²) in [4.78, 5) is 3.64. The number of ether oxygens (including phenoxy) is 1. The van der Waals surface area contributed by atoms with E-state index in [2.05, 4.69) is 10.3 Å². The van der Waals surface area contributed by atoms with E-state index in [1.807, 2.05) is 6.92 Å². The standard InChI is InChI=1S/C6H9N2O2/c1-2-10-6-7-4-3-5(9)8-6/h3-4,9H,2H2,1H3,(H,7,8). The molecule has 0 aromatic rings. The minimum atomic E-state index is -0.0396. The van der Waals surface area contributed by atoms with Crippen LogP contribution >= 0.6 is 0 Å². The van der Waals surface area contributed by atoms with Gasteiger partial charge in [0.1, 0.15) is 0 Å². The van der Waals surface area contributed by atoms with Crippen LogP contribution in [0.15, 0.2) is 17.0 Å². The van der Waals surface area contributed by atoms with Gasteiger partial charge in [0.05, 0.1) is 13.2 Å². The molecular formula is C6H9N2O2. The van der Waals surface area contributed by atoms with Gasteiger partial charge in [0.2, 0.25) is 5.88 Å². The molecule has 1 aliphatic rings. The summed E-state index contributed by atoms with van der Waals surface area (Å²) in [5.74, 6) is -0.0396. The zero-order chi connectivity index (χ0) is 7.40. The number of aliphatic hydroxyl groups is 1. The molecule has 1 aliphatic heterocycles. The van der Waals surface area contributed by atoms with Gasteiger partial charge in [-0.15, -0.1) is 0 Å². The molecule has 2 N–H and O–H groups in total. The van der Waals surface area contributed by atoms with Gasteiger partial charge in [0.15, 0.2) is 0 Å². The van der Waals surface area contributed by atoms with Gasteiger partial charge in [-0.05, 0) is 6.92 Å². The van der Waals surface area contributed by atoms with Crippen LogP contribution in [0.1, 0.15) is 6.92 Å². The molecule has 4 heteroatoms. The molecule has 0 aliphatic carbocycles. The van der Waals surface area contributed by atoms with Crippen LogP contribution in [0.2, 0.25) is 0 Å². The zero-order valence-corrected chi connectivity index (χ0v) is 5.66. The van der Waals surface area contributed by atoms with Crippen molar-refractivity contribution in [3.05, 3.63) is 18.5 Å². The second-order valence-electron chi connectivity index (χ2n) is 1.69. The number of hydrogen-bond donors (Lipinski definition) is 2. The summed E-state index contributed by atoms with van der Waals surface area (Å²) < 4.78 is 4.96. The van der Waals surface area contributed by atoms with E-state index >= 15 is 0 Å². The van der Waals surface area contributed by atoms with Crippen molar-refractivity contribution >= 4 is 6.02 Å². The maximum Gasteiger partial charge on any atom is 0.293 e. The predicted octanol–water partition coefficient (Wildman–Crippen LogP) is 0.543. The van der Waals surface area contributed by atoms with Gasteiger partial charge in [0.25, 0.3) is 6.02 Å². The first-order chi connectivity index (χ1) is 4.83. The molecule has 1 radical (unpaired) electrons. The summed E-state index contributed by atoms with van der Waals surface area (Å²) >= 11 is 0. The lowest BCUT2D eigenvalue weighted by Crippen LogP contribution is -2.25. The summed E-state index contributed by atoms with van der Waals surface area (Å²) in [6, 6.07) is 0.336. The van der Waals surface area contributed by atoms with Crippen LogP contribution < -0.4 is 5.32 Å². The quantitative estimate of drug-likeness (QED) is 0.560. The van der Waals surface area contributed by atoms with E-state index in [0.717, 1.165) is 0 Å². The van der Waals surface area contributed by atoms with Crippen LogP contribution in [-0.4, -0.2) is 17.7 Å². The van der Waals surface area contributed by atoms with Gasteiger partial charge in [0, 0.05) is 6.08 Å². The Bertz CT molecular complexity index is 175. The molecule has 10 heavy (non-hydrogen) atoms. The molecule has 0 spiro atoms. The van der Waals surface area contributed by atoms with Crippen molar-refractivity contribution < 1.29 is 9.84 Å². The van der Waals surface area contributed by atoms with Gasteiger partial charge in [-0.25, -0.2) is 0 Å². The Labute approximate surface area is 59.2 Å². The number of amidine groups is 1. The van der Waals surface area contributed by atoms with Crippen molar-refractivity contribution in [2.75, 3.05) is 6.61 Å². The fourth-order valence-corrected chi connectivity index (χ4v) is 0.572. The molecule has 0 atom stereocenters. The van der Waals surface area contributed by atoms with Crippen molar-refractivity contribution in [1.29, 1.82) is 0 Å². The van der Waals surface area contributed by atoms with E-state index in [1.165, 1.54) is 6.08 Å². The molecule has 1 heterocycles. The van der Waals surface area contributed by atoms with Crippen molar-refractivity contribution in [2.24, 2.45) is 4.99 Å². The highest BCUT2D eigenvalue weighted by atomic mass is 16.5. The smallest absolute Gasteiger partial charge is 0.293 e. The first kappa shape index (κ1) is 6.92. The SMILES string of the molecule is CCOC1=NC(O)=C[CH]N1. The highest BCUT2D eigenvalue weighted by Crippen LogP contribution is 1.98. The van der Waals surface area contributed by atoms with Crippen molar-refractivity contribution in [3.63, 3.8) is 0 Å². The largest absolute Gasteiger partial charge is 0.493 e. The lowest BCUT2D eigenvalue weighted by atomic mass is 10.5. The van der Waals surface area contributed by atoms with Gasteiger partial charge >= 0.3 is 0 Å². The first-order valence-electron chi connectivity index (χ1n) is 3.03. The highest BCUT2D eigenvalue weighted by molar-refractivity contribution is 5.76. The lowest BCUT2D eigenvalue weighted by molar-refractivity contribution is 0.304. The van der Waals surface area contributed by atoms with E-state index in [-0.39, 0.29) is 5.88 Å². The number of nitrogens with one attached hydrogen (secondary N) is 1. The minimum Gasteiger partial charge on any atom is -0.493 e. The Morgan fingerprint density at radius 1 is 1.80 bits per heavy atom. The molecule has 0 bridgehead atoms. The average Bonchev–Trinajstić information content (AvgIpc) is 1.88. The Morgan fingerprint density at radius 2 is 2.60 bits per heavy atom. The van der Waals surface area contributed by atoms with Crippen LogP contribution in [0.25, 0.3) is 0 Å². The Kier molecular flexibility index (Phi) is 2.15. The van der Waals surface area contributed by atoms with Crippen molar-refractivity contribution in [2.45, 2.75) is 6.92 Å². The van der Waals surface area contributed by atoms with E-state index in [0.29, 0.717) is 12.6 Å².